The molecule has 4 nitrogen and oxygen atoms in total. The van der Waals surface area contributed by atoms with Gasteiger partial charge in [0.2, 0.25) is 5.91 Å². The summed E-state index contributed by atoms with van der Waals surface area (Å²) in [6.45, 7) is 4.62. The van der Waals surface area contributed by atoms with Gasteiger partial charge in [-0.2, -0.15) is 0 Å². The second-order valence-corrected chi connectivity index (χ2v) is 5.17. The van der Waals surface area contributed by atoms with Gasteiger partial charge in [0.25, 0.3) is 0 Å². The lowest BCUT2D eigenvalue weighted by Crippen LogP contribution is -2.31. The van der Waals surface area contributed by atoms with Crippen molar-refractivity contribution in [3.05, 3.63) is 35.6 Å². The lowest BCUT2D eigenvalue weighted by atomic mass is 10.0. The average Bonchev–Trinajstić information content (AvgIpc) is 2.45. The van der Waals surface area contributed by atoms with Gasteiger partial charge in [0.15, 0.2) is 0 Å². The molecule has 0 saturated heterocycles. The fraction of sp³-hybridized carbons (Fsp3) is 0.562. The number of nitrogens with zero attached hydrogens (tertiary/aromatic N) is 1. The Labute approximate surface area is 122 Å². The van der Waals surface area contributed by atoms with E-state index in [0.717, 1.165) is 32.4 Å². The Bertz CT molecular complexity index is 395. The highest BCUT2D eigenvalue weighted by Crippen LogP contribution is 2.20. The second-order valence-electron chi connectivity index (χ2n) is 5.17. The molecule has 1 aliphatic carbocycles. The standard InChI is InChI=1S/C16H27N3O/c1-4-11-17-12-13-18-16(20)10-7-14-5-8-15(9-6-14)19(2)3/h5,7-8,10,17H,4,6,9,11-13H2,1-3H3,(H,18,20)/b10-7+. The Balaban J connectivity index is 2.28. The minimum atomic E-state index is -0.0217. The van der Waals surface area contributed by atoms with Crippen LogP contribution in [0.3, 0.4) is 0 Å². The second kappa shape index (κ2) is 9.37. The number of amides is 1. The lowest BCUT2D eigenvalue weighted by molar-refractivity contribution is -0.116. The van der Waals surface area contributed by atoms with E-state index in [4.69, 9.17) is 0 Å². The van der Waals surface area contributed by atoms with Crippen LogP contribution in [0, 0.1) is 0 Å². The molecule has 0 spiro atoms. The topological polar surface area (TPSA) is 44.4 Å². The van der Waals surface area contributed by atoms with Crippen molar-refractivity contribution in [2.24, 2.45) is 0 Å². The summed E-state index contributed by atoms with van der Waals surface area (Å²) in [5.41, 5.74) is 2.53. The quantitative estimate of drug-likeness (QED) is 0.525. The molecule has 4 heteroatoms. The zero-order chi connectivity index (χ0) is 14.8. The number of carbonyl (C=O) groups excluding carboxylic acids is 1. The smallest absolute Gasteiger partial charge is 0.244 e. The van der Waals surface area contributed by atoms with Gasteiger partial charge in [-0.3, -0.25) is 4.79 Å². The highest BCUT2D eigenvalue weighted by Gasteiger charge is 2.05. The van der Waals surface area contributed by atoms with Crippen molar-refractivity contribution in [1.82, 2.24) is 15.5 Å². The first-order chi connectivity index (χ1) is 9.63. The van der Waals surface area contributed by atoms with E-state index in [1.165, 1.54) is 11.3 Å². The van der Waals surface area contributed by atoms with Gasteiger partial charge in [-0.05, 0) is 37.5 Å². The van der Waals surface area contributed by atoms with Crippen LogP contribution in [0.4, 0.5) is 0 Å². The molecule has 0 heterocycles. The minimum Gasteiger partial charge on any atom is -0.381 e. The third-order valence-corrected chi connectivity index (χ3v) is 3.21. The summed E-state index contributed by atoms with van der Waals surface area (Å²) in [4.78, 5) is 13.7. The highest BCUT2D eigenvalue weighted by molar-refractivity contribution is 5.87. The first-order valence-corrected chi connectivity index (χ1v) is 7.37. The van der Waals surface area contributed by atoms with Gasteiger partial charge in [-0.25, -0.2) is 0 Å². The summed E-state index contributed by atoms with van der Waals surface area (Å²) in [6, 6.07) is 0. The zero-order valence-electron chi connectivity index (χ0n) is 12.9. The minimum absolute atomic E-state index is 0.0217. The van der Waals surface area contributed by atoms with Crippen molar-refractivity contribution < 1.29 is 4.79 Å². The van der Waals surface area contributed by atoms with E-state index in [1.54, 1.807) is 6.08 Å². The zero-order valence-corrected chi connectivity index (χ0v) is 12.9. The molecule has 2 N–H and O–H groups in total. The molecule has 0 aromatic carbocycles. The molecular weight excluding hydrogens is 250 g/mol. The van der Waals surface area contributed by atoms with Gasteiger partial charge in [0.05, 0.1) is 0 Å². The van der Waals surface area contributed by atoms with Crippen LogP contribution >= 0.6 is 0 Å². The molecule has 20 heavy (non-hydrogen) atoms. The van der Waals surface area contributed by atoms with Crippen LogP contribution in [0.2, 0.25) is 0 Å². The van der Waals surface area contributed by atoms with Crippen LogP contribution < -0.4 is 10.6 Å². The summed E-state index contributed by atoms with van der Waals surface area (Å²) < 4.78 is 0. The van der Waals surface area contributed by atoms with Crippen molar-refractivity contribution in [2.75, 3.05) is 33.7 Å². The molecule has 112 valence electrons. The van der Waals surface area contributed by atoms with E-state index < -0.39 is 0 Å². The Morgan fingerprint density at radius 1 is 1.25 bits per heavy atom. The number of carbonyl (C=O) groups is 1. The molecule has 0 bridgehead atoms. The highest BCUT2D eigenvalue weighted by atomic mass is 16.1. The first-order valence-electron chi connectivity index (χ1n) is 7.37. The van der Waals surface area contributed by atoms with Crippen LogP contribution in [-0.2, 0) is 4.79 Å². The van der Waals surface area contributed by atoms with E-state index in [-0.39, 0.29) is 5.91 Å². The number of hydrogen-bond donors (Lipinski definition) is 2. The van der Waals surface area contributed by atoms with Crippen molar-refractivity contribution >= 4 is 5.91 Å². The van der Waals surface area contributed by atoms with Crippen LogP contribution in [-0.4, -0.2) is 44.5 Å². The maximum atomic E-state index is 11.6. The van der Waals surface area contributed by atoms with Crippen molar-refractivity contribution in [3.8, 4) is 0 Å². The summed E-state index contributed by atoms with van der Waals surface area (Å²) in [5.74, 6) is -0.0217. The molecule has 0 aromatic heterocycles. The molecule has 1 rings (SSSR count). The lowest BCUT2D eigenvalue weighted by Gasteiger charge is -2.19. The number of rotatable bonds is 8. The molecule has 1 aliphatic rings. The Hall–Kier alpha value is -1.55. The predicted octanol–water partition coefficient (Wildman–Crippen LogP) is 1.82. The molecule has 0 atom stereocenters. The van der Waals surface area contributed by atoms with Gasteiger partial charge >= 0.3 is 0 Å². The van der Waals surface area contributed by atoms with Crippen molar-refractivity contribution in [1.29, 1.82) is 0 Å². The van der Waals surface area contributed by atoms with Gasteiger partial charge in [-0.1, -0.05) is 19.1 Å². The van der Waals surface area contributed by atoms with Gasteiger partial charge in [0.1, 0.15) is 0 Å². The molecule has 0 unspecified atom stereocenters. The fourth-order valence-electron chi connectivity index (χ4n) is 1.97. The van der Waals surface area contributed by atoms with E-state index in [2.05, 4.69) is 48.7 Å². The molecular formula is C16H27N3O. The maximum Gasteiger partial charge on any atom is 0.244 e. The van der Waals surface area contributed by atoms with Crippen LogP contribution in [0.15, 0.2) is 35.6 Å². The van der Waals surface area contributed by atoms with Crippen LogP contribution in [0.25, 0.3) is 0 Å². The van der Waals surface area contributed by atoms with Crippen LogP contribution in [0.5, 0.6) is 0 Å². The molecule has 1 amide bonds. The van der Waals surface area contributed by atoms with Gasteiger partial charge < -0.3 is 15.5 Å². The molecule has 0 aliphatic heterocycles. The largest absolute Gasteiger partial charge is 0.381 e. The molecule has 0 radical (unpaired) electrons. The summed E-state index contributed by atoms with van der Waals surface area (Å²) >= 11 is 0. The number of nitrogens with one attached hydrogen (secondary N) is 2. The van der Waals surface area contributed by atoms with Gasteiger partial charge in [-0.15, -0.1) is 0 Å². The maximum absolute atomic E-state index is 11.6. The monoisotopic (exact) mass is 277 g/mol. The SMILES string of the molecule is CCCNCCNC(=O)/C=C/C1=CC=C(N(C)C)CC1. The summed E-state index contributed by atoms with van der Waals surface area (Å²) in [6.07, 6.45) is 10.9. The molecule has 0 fully saturated rings. The normalized spacial score (nSPS) is 14.9. The summed E-state index contributed by atoms with van der Waals surface area (Å²) in [5, 5.41) is 6.12. The Morgan fingerprint density at radius 2 is 2.05 bits per heavy atom. The number of allylic oxidation sites excluding steroid dienone is 5. The van der Waals surface area contributed by atoms with Crippen LogP contribution in [0.1, 0.15) is 26.2 Å². The van der Waals surface area contributed by atoms with Gasteiger partial charge in [0, 0.05) is 39.0 Å². The van der Waals surface area contributed by atoms with E-state index in [1.807, 2.05) is 6.08 Å². The summed E-state index contributed by atoms with van der Waals surface area (Å²) in [7, 11) is 4.11. The van der Waals surface area contributed by atoms with Crippen molar-refractivity contribution in [2.45, 2.75) is 26.2 Å². The van der Waals surface area contributed by atoms with E-state index in [0.29, 0.717) is 6.54 Å². The molecule has 0 saturated carbocycles. The predicted molar refractivity (Wildman–Crippen MR) is 84.4 cm³/mol. The third kappa shape index (κ3) is 6.57. The average molecular weight is 277 g/mol. The first kappa shape index (κ1) is 16.5. The molecule has 0 aromatic rings. The van der Waals surface area contributed by atoms with E-state index >= 15 is 0 Å². The van der Waals surface area contributed by atoms with E-state index in [9.17, 15) is 4.79 Å². The van der Waals surface area contributed by atoms with Crippen molar-refractivity contribution in [3.63, 3.8) is 0 Å². The Kier molecular flexibility index (Phi) is 7.73. The fourth-order valence-corrected chi connectivity index (χ4v) is 1.97. The third-order valence-electron chi connectivity index (χ3n) is 3.21. The Morgan fingerprint density at radius 3 is 2.65 bits per heavy atom. The number of hydrogen-bond acceptors (Lipinski definition) is 3.